The van der Waals surface area contributed by atoms with Gasteiger partial charge in [-0.05, 0) is 0 Å². The van der Waals surface area contributed by atoms with Crippen molar-refractivity contribution >= 4 is 0 Å². The van der Waals surface area contributed by atoms with Crippen LogP contribution < -0.4 is 0 Å². The van der Waals surface area contributed by atoms with Crippen molar-refractivity contribution in [3.05, 3.63) is 50.6 Å². The molecule has 0 aromatic carbocycles. The van der Waals surface area contributed by atoms with E-state index in [2.05, 4.69) is 0 Å². The number of nitrogens with zero attached hydrogens (tertiary/aromatic N) is 5. The van der Waals surface area contributed by atoms with Gasteiger partial charge in [-0.25, -0.2) is 0 Å². The predicted molar refractivity (Wildman–Crippen MR) is 45.8 cm³/mol. The Kier molecular flexibility index (Phi) is 544. The molecule has 0 aromatic rings. The topological polar surface area (TPSA) is 262 Å². The molecule has 0 amide bonds. The minimum Gasteiger partial charge on any atom is -0.444 e. The zero-order valence-electron chi connectivity index (χ0n) is 6.77. The fourth-order valence-corrected chi connectivity index (χ4v) is 0. The third kappa shape index (κ3) is 265. The maximum atomic E-state index is 8.00. The Bertz CT molecular complexity index is 91.5. The van der Waals surface area contributed by atoms with Crippen LogP contribution in [0.2, 0.25) is 0 Å². The standard InChI is InChI=1S/5HNO2.Nb/c5*2-1-3;/h5*(H,2,3);/q;;;;;+5/p-5. The molecule has 0 radical (unpaired) electrons. The van der Waals surface area contributed by atoms with Crippen LogP contribution in [0.4, 0.5) is 0 Å². The van der Waals surface area contributed by atoms with Crippen molar-refractivity contribution in [1.29, 1.82) is 0 Å². The smallest absolute Gasteiger partial charge is 0.444 e. The number of hydrogen-bond acceptors (Lipinski definition) is 15. The van der Waals surface area contributed by atoms with Gasteiger partial charge >= 0.3 is 22.4 Å². The summed E-state index contributed by atoms with van der Waals surface area (Å²) in [5.74, 6) is 0. The maximum Gasteiger partial charge on any atom is 5.00 e. The first kappa shape index (κ1) is 37.2. The second kappa shape index (κ2) is 234. The molecule has 0 saturated carbocycles. The van der Waals surface area contributed by atoms with E-state index in [-0.39, 0.29) is 22.4 Å². The van der Waals surface area contributed by atoms with Crippen LogP contribution in [0.1, 0.15) is 0 Å². The van der Waals surface area contributed by atoms with E-state index in [4.69, 9.17) is 50.6 Å². The van der Waals surface area contributed by atoms with Crippen molar-refractivity contribution in [3.63, 3.8) is 0 Å². The Morgan fingerprint density at radius 3 is 0.438 bits per heavy atom. The van der Waals surface area contributed by atoms with E-state index in [1.165, 1.54) is 0 Å². The zero-order chi connectivity index (χ0) is 13.5. The third-order valence-electron chi connectivity index (χ3n) is 0. The van der Waals surface area contributed by atoms with Crippen LogP contribution in [0, 0.1) is 50.6 Å². The van der Waals surface area contributed by atoms with Crippen molar-refractivity contribution in [3.8, 4) is 0 Å². The normalized spacial score (nSPS) is 3.75. The van der Waals surface area contributed by atoms with Crippen LogP contribution in [0.3, 0.4) is 0 Å². The Morgan fingerprint density at radius 2 is 0.438 bits per heavy atom. The van der Waals surface area contributed by atoms with Gasteiger partial charge in [0.05, 0.1) is 0 Å². The van der Waals surface area contributed by atoms with E-state index in [9.17, 15) is 0 Å². The Morgan fingerprint density at radius 1 is 0.438 bits per heavy atom. The van der Waals surface area contributed by atoms with E-state index in [1.54, 1.807) is 0 Å². The molecule has 15 nitrogen and oxygen atoms in total. The van der Waals surface area contributed by atoms with Crippen molar-refractivity contribution in [1.82, 2.24) is 0 Å². The Balaban J connectivity index is -0.0000000192. The fraction of sp³-hybridized carbons (Fsp3) is 0. The molecule has 90 valence electrons. The summed E-state index contributed by atoms with van der Waals surface area (Å²) in [6.45, 7) is 0. The Hall–Kier alpha value is -2.26. The first-order chi connectivity index (χ1) is 7.07. The summed E-state index contributed by atoms with van der Waals surface area (Å²) >= 11 is 0. The second-order valence-corrected chi connectivity index (χ2v) is 0.373. The van der Waals surface area contributed by atoms with Crippen LogP contribution in [0.5, 0.6) is 0 Å². The molecule has 16 heteroatoms. The van der Waals surface area contributed by atoms with Gasteiger partial charge in [-0.15, -0.1) is 26.7 Å². The molecule has 0 aliphatic heterocycles. The van der Waals surface area contributed by atoms with Gasteiger partial charge in [0.2, 0.25) is 0 Å². The van der Waals surface area contributed by atoms with Crippen molar-refractivity contribution in [2.75, 3.05) is 0 Å². The van der Waals surface area contributed by atoms with Crippen LogP contribution >= 0.6 is 0 Å². The average molecular weight is 323 g/mol. The molecule has 0 bridgehead atoms. The average Bonchev–Trinajstić information content (AvgIpc) is 2.09. The molecule has 0 fully saturated rings. The molecule has 16 heavy (non-hydrogen) atoms. The van der Waals surface area contributed by atoms with Crippen LogP contribution in [0.15, 0.2) is 26.7 Å². The summed E-state index contributed by atoms with van der Waals surface area (Å²) in [5, 5.41) is 45.0. The monoisotopic (exact) mass is 323 g/mol. The molecule has 0 aliphatic rings. The van der Waals surface area contributed by atoms with Gasteiger partial charge < -0.3 is 50.6 Å². The van der Waals surface area contributed by atoms with Crippen LogP contribution in [-0.2, 0) is 22.4 Å². The zero-order valence-corrected chi connectivity index (χ0v) is 8.96. The van der Waals surface area contributed by atoms with Gasteiger partial charge in [0.15, 0.2) is 0 Å². The van der Waals surface area contributed by atoms with Gasteiger partial charge in [-0.1, -0.05) is 0 Å². The van der Waals surface area contributed by atoms with Crippen molar-refractivity contribution in [2.45, 2.75) is 0 Å². The summed E-state index contributed by atoms with van der Waals surface area (Å²) in [4.78, 5) is 40.0. The summed E-state index contributed by atoms with van der Waals surface area (Å²) in [6, 6.07) is 0. The molecule has 0 heterocycles. The van der Waals surface area contributed by atoms with E-state index in [0.717, 1.165) is 26.7 Å². The van der Waals surface area contributed by atoms with Gasteiger partial charge in [0.1, 0.15) is 0 Å². The summed E-state index contributed by atoms with van der Waals surface area (Å²) in [5.41, 5.74) is 0. The molecule has 0 aromatic heterocycles. The number of rotatable bonds is 0. The predicted octanol–water partition coefficient (Wildman–Crippen LogP) is 1.25. The molecular weight excluding hydrogens is 323 g/mol. The maximum absolute atomic E-state index is 8.00. The molecule has 0 N–H and O–H groups in total. The first-order valence-corrected chi connectivity index (χ1v) is 1.83. The van der Waals surface area contributed by atoms with E-state index < -0.39 is 0 Å². The quantitative estimate of drug-likeness (QED) is 0.349. The molecule has 0 saturated heterocycles. The van der Waals surface area contributed by atoms with Crippen molar-refractivity contribution in [2.24, 2.45) is 26.7 Å². The number of hydrogen-bond donors (Lipinski definition) is 0. The van der Waals surface area contributed by atoms with E-state index >= 15 is 0 Å². The van der Waals surface area contributed by atoms with Gasteiger partial charge in [0, 0.05) is 0 Å². The Labute approximate surface area is 100 Å². The van der Waals surface area contributed by atoms with Crippen LogP contribution in [-0.4, -0.2) is 0 Å². The van der Waals surface area contributed by atoms with Gasteiger partial charge in [-0.2, -0.15) is 0 Å². The van der Waals surface area contributed by atoms with Crippen molar-refractivity contribution < 1.29 is 22.4 Å². The third-order valence-corrected chi connectivity index (χ3v) is 0. The molecule has 0 unspecified atom stereocenters. The molecule has 0 atom stereocenters. The van der Waals surface area contributed by atoms with E-state index in [1.807, 2.05) is 0 Å². The summed E-state index contributed by atoms with van der Waals surface area (Å²) < 4.78 is 0. The molecular formula is N5NbO10. The summed E-state index contributed by atoms with van der Waals surface area (Å²) in [6.07, 6.45) is 0. The molecule has 0 aliphatic carbocycles. The molecule has 0 rings (SSSR count). The fourth-order valence-electron chi connectivity index (χ4n) is 0. The molecule has 0 spiro atoms. The second-order valence-electron chi connectivity index (χ2n) is 0.373. The summed E-state index contributed by atoms with van der Waals surface area (Å²) in [7, 11) is 0. The largest absolute Gasteiger partial charge is 5.00 e. The first-order valence-electron chi connectivity index (χ1n) is 1.83. The SMILES string of the molecule is O=N[O-].O=N[O-].O=N[O-].O=N[O-].O=N[O-].[Nb+5]. The minimum atomic E-state index is 0. The van der Waals surface area contributed by atoms with E-state index in [0.29, 0.717) is 0 Å². The van der Waals surface area contributed by atoms with Crippen LogP contribution in [0.25, 0.3) is 0 Å². The van der Waals surface area contributed by atoms with Gasteiger partial charge in [0.25, 0.3) is 0 Å². The van der Waals surface area contributed by atoms with Gasteiger partial charge in [-0.3, -0.25) is 0 Å². The minimum absolute atomic E-state index is 0.